The molecule has 0 aliphatic heterocycles. The molecule has 0 heterocycles. The van der Waals surface area contributed by atoms with Crippen LogP contribution in [0.15, 0.2) is 0 Å². The van der Waals surface area contributed by atoms with E-state index >= 15 is 0 Å². The number of aliphatic carboxylic acids is 1. The maximum absolute atomic E-state index is 11.8. The van der Waals surface area contributed by atoms with Crippen LogP contribution in [-0.2, 0) is 14.8 Å². The lowest BCUT2D eigenvalue weighted by Crippen LogP contribution is -2.49. The van der Waals surface area contributed by atoms with Gasteiger partial charge in [0.05, 0.1) is 0 Å². The van der Waals surface area contributed by atoms with E-state index in [1.165, 1.54) is 14.0 Å². The summed E-state index contributed by atoms with van der Waals surface area (Å²) < 4.78 is 24.8. The van der Waals surface area contributed by atoms with Gasteiger partial charge in [-0.3, -0.25) is 4.79 Å². The molecule has 0 aliphatic rings. The van der Waals surface area contributed by atoms with Crippen molar-refractivity contribution in [2.75, 3.05) is 7.05 Å². The number of hydrogen-bond donors (Lipinski definition) is 1. The largest absolute Gasteiger partial charge is 0.480 e. The summed E-state index contributed by atoms with van der Waals surface area (Å²) in [5, 5.41) is 7.29. The lowest BCUT2D eigenvalue weighted by Gasteiger charge is -2.34. The minimum atomic E-state index is -3.77. The van der Waals surface area contributed by atoms with Gasteiger partial charge in [0.2, 0.25) is 10.0 Å². The molecule has 0 aliphatic carbocycles. The van der Waals surface area contributed by atoms with E-state index in [4.69, 9.17) is 5.11 Å². The number of carbonyl (C=O) groups is 1. The summed E-state index contributed by atoms with van der Waals surface area (Å²) in [6.45, 7) is 6.57. The summed E-state index contributed by atoms with van der Waals surface area (Å²) in [4.78, 5) is 10.7. The van der Waals surface area contributed by atoms with Crippen LogP contribution in [0.2, 0.25) is 0 Å². The fourth-order valence-electron chi connectivity index (χ4n) is 0.932. The van der Waals surface area contributed by atoms with Crippen LogP contribution in [0.3, 0.4) is 0 Å². The molecule has 0 aromatic heterocycles. The van der Waals surface area contributed by atoms with Gasteiger partial charge < -0.3 is 5.11 Å². The zero-order valence-electron chi connectivity index (χ0n) is 9.81. The second-order valence-electron chi connectivity index (χ2n) is 4.16. The van der Waals surface area contributed by atoms with Crippen molar-refractivity contribution in [1.29, 1.82) is 0 Å². The van der Waals surface area contributed by atoms with Crippen LogP contribution in [0.4, 0.5) is 0 Å². The minimum absolute atomic E-state index is 0.567. The van der Waals surface area contributed by atoms with Crippen molar-refractivity contribution >= 4 is 16.0 Å². The van der Waals surface area contributed by atoms with Gasteiger partial charge in [0.25, 0.3) is 0 Å². The van der Waals surface area contributed by atoms with Crippen molar-refractivity contribution in [3.8, 4) is 0 Å². The number of rotatable bonds is 5. The Morgan fingerprint density at radius 2 is 1.87 bits per heavy atom. The van der Waals surface area contributed by atoms with Gasteiger partial charge in [0, 0.05) is 12.6 Å². The Labute approximate surface area is 91.1 Å². The van der Waals surface area contributed by atoms with Gasteiger partial charge in [-0.1, -0.05) is 6.92 Å². The van der Waals surface area contributed by atoms with E-state index in [1.807, 2.05) is 6.92 Å². The standard InChI is InChI=1S/C9H19NO4S/c1-6-9(3,4)10(5)15(13,14)7(2)8(11)12/h7H,6H2,1-5H3,(H,11,12). The molecule has 0 aromatic carbocycles. The van der Waals surface area contributed by atoms with E-state index in [9.17, 15) is 13.2 Å². The second-order valence-corrected chi connectivity index (χ2v) is 6.44. The fourth-order valence-corrected chi connectivity index (χ4v) is 2.48. The van der Waals surface area contributed by atoms with Gasteiger partial charge in [0.15, 0.2) is 5.25 Å². The lowest BCUT2D eigenvalue weighted by atomic mass is 10.0. The molecule has 90 valence electrons. The first-order valence-corrected chi connectivity index (χ1v) is 6.28. The number of nitrogens with zero attached hydrogens (tertiary/aromatic N) is 1. The summed E-state index contributed by atoms with van der Waals surface area (Å²) >= 11 is 0. The van der Waals surface area contributed by atoms with Gasteiger partial charge >= 0.3 is 5.97 Å². The van der Waals surface area contributed by atoms with Crippen molar-refractivity contribution in [2.24, 2.45) is 0 Å². The predicted molar refractivity (Wildman–Crippen MR) is 58.2 cm³/mol. The minimum Gasteiger partial charge on any atom is -0.480 e. The number of sulfonamides is 1. The van der Waals surface area contributed by atoms with Crippen LogP contribution in [0.5, 0.6) is 0 Å². The first-order chi connectivity index (χ1) is 6.57. The zero-order chi connectivity index (χ0) is 12.4. The molecule has 5 nitrogen and oxygen atoms in total. The number of carboxylic acid groups (broad SMARTS) is 1. The molecule has 0 bridgehead atoms. The Morgan fingerprint density at radius 3 is 2.13 bits per heavy atom. The van der Waals surface area contributed by atoms with Crippen LogP contribution in [0.25, 0.3) is 0 Å². The Kier molecular flexibility index (Phi) is 4.30. The van der Waals surface area contributed by atoms with Crippen LogP contribution in [-0.4, -0.2) is 41.6 Å². The SMILES string of the molecule is CCC(C)(C)N(C)S(=O)(=O)C(C)C(=O)O. The molecule has 0 radical (unpaired) electrons. The normalized spacial score (nSPS) is 15.3. The molecular weight excluding hydrogens is 218 g/mol. The maximum Gasteiger partial charge on any atom is 0.323 e. The van der Waals surface area contributed by atoms with Crippen molar-refractivity contribution < 1.29 is 18.3 Å². The highest BCUT2D eigenvalue weighted by Crippen LogP contribution is 2.22. The van der Waals surface area contributed by atoms with E-state index in [-0.39, 0.29) is 0 Å². The first-order valence-electron chi connectivity index (χ1n) is 4.78. The molecule has 0 rings (SSSR count). The van der Waals surface area contributed by atoms with E-state index < -0.39 is 26.8 Å². The summed E-state index contributed by atoms with van der Waals surface area (Å²) in [5.41, 5.74) is -0.567. The van der Waals surface area contributed by atoms with E-state index in [2.05, 4.69) is 0 Å². The molecule has 1 N–H and O–H groups in total. The molecular formula is C9H19NO4S. The van der Waals surface area contributed by atoms with Gasteiger partial charge in [-0.25, -0.2) is 8.42 Å². The second kappa shape index (κ2) is 4.49. The van der Waals surface area contributed by atoms with Crippen LogP contribution in [0.1, 0.15) is 34.1 Å². The molecule has 15 heavy (non-hydrogen) atoms. The fraction of sp³-hybridized carbons (Fsp3) is 0.889. The third-order valence-electron chi connectivity index (χ3n) is 2.89. The van der Waals surface area contributed by atoms with Crippen molar-refractivity contribution in [1.82, 2.24) is 4.31 Å². The van der Waals surface area contributed by atoms with Crippen molar-refractivity contribution in [3.05, 3.63) is 0 Å². The Hall–Kier alpha value is -0.620. The van der Waals surface area contributed by atoms with Crippen LogP contribution < -0.4 is 0 Å². The third-order valence-corrected chi connectivity index (χ3v) is 5.25. The molecule has 6 heteroatoms. The number of hydrogen-bond acceptors (Lipinski definition) is 3. The van der Waals surface area contributed by atoms with E-state index in [0.29, 0.717) is 6.42 Å². The summed E-state index contributed by atoms with van der Waals surface area (Å²) in [6, 6.07) is 0. The molecule has 0 spiro atoms. The molecule has 0 aromatic rings. The average molecular weight is 237 g/mol. The highest BCUT2D eigenvalue weighted by molar-refractivity contribution is 7.90. The quantitative estimate of drug-likeness (QED) is 0.771. The van der Waals surface area contributed by atoms with Gasteiger partial charge in [0.1, 0.15) is 0 Å². The summed E-state index contributed by atoms with van der Waals surface area (Å²) in [7, 11) is -2.36. The Bertz CT molecular complexity index is 334. The maximum atomic E-state index is 11.8. The van der Waals surface area contributed by atoms with Crippen molar-refractivity contribution in [3.63, 3.8) is 0 Å². The van der Waals surface area contributed by atoms with Gasteiger partial charge in [-0.15, -0.1) is 0 Å². The van der Waals surface area contributed by atoms with Gasteiger partial charge in [-0.05, 0) is 27.2 Å². The Balaban J connectivity index is 5.15. The molecule has 1 atom stereocenters. The van der Waals surface area contributed by atoms with Crippen LogP contribution in [0, 0.1) is 0 Å². The average Bonchev–Trinajstić information content (AvgIpc) is 2.15. The summed E-state index contributed by atoms with van der Waals surface area (Å²) in [5.74, 6) is -1.33. The lowest BCUT2D eigenvalue weighted by molar-refractivity contribution is -0.136. The van der Waals surface area contributed by atoms with Crippen molar-refractivity contribution in [2.45, 2.75) is 44.9 Å². The monoisotopic (exact) mass is 237 g/mol. The molecule has 1 unspecified atom stereocenters. The first kappa shape index (κ1) is 14.4. The topological polar surface area (TPSA) is 74.7 Å². The third kappa shape index (κ3) is 2.92. The Morgan fingerprint density at radius 1 is 1.47 bits per heavy atom. The van der Waals surface area contributed by atoms with E-state index in [1.54, 1.807) is 13.8 Å². The molecule has 0 saturated carbocycles. The van der Waals surface area contributed by atoms with Crippen LogP contribution >= 0.6 is 0 Å². The number of carboxylic acids is 1. The van der Waals surface area contributed by atoms with Gasteiger partial charge in [-0.2, -0.15) is 4.31 Å². The van der Waals surface area contributed by atoms with E-state index in [0.717, 1.165) is 4.31 Å². The predicted octanol–water partition coefficient (Wildman–Crippen LogP) is 0.910. The molecule has 0 saturated heterocycles. The summed E-state index contributed by atoms with van der Waals surface area (Å²) in [6.07, 6.45) is 0.620. The smallest absolute Gasteiger partial charge is 0.323 e. The highest BCUT2D eigenvalue weighted by atomic mass is 32.2. The zero-order valence-corrected chi connectivity index (χ0v) is 10.6. The molecule has 0 fully saturated rings. The highest BCUT2D eigenvalue weighted by Gasteiger charge is 2.38. The molecule has 0 amide bonds.